The van der Waals surface area contributed by atoms with E-state index in [9.17, 15) is 9.18 Å². The summed E-state index contributed by atoms with van der Waals surface area (Å²) in [6.07, 6.45) is 5.91. The normalized spacial score (nSPS) is 16.4. The molecule has 6 heteroatoms. The van der Waals surface area contributed by atoms with Crippen molar-refractivity contribution in [2.45, 2.75) is 12.3 Å². The van der Waals surface area contributed by atoms with E-state index in [1.54, 1.807) is 21.7 Å². The van der Waals surface area contributed by atoms with Gasteiger partial charge in [-0.25, -0.2) is 4.39 Å². The van der Waals surface area contributed by atoms with Crippen LogP contribution in [0, 0.1) is 5.82 Å². The topological polar surface area (TPSA) is 51.0 Å². The average molecular weight is 376 g/mol. The lowest BCUT2D eigenvalue weighted by atomic mass is 9.95. The molecule has 0 bridgehead atoms. The van der Waals surface area contributed by atoms with Crippen LogP contribution in [0.2, 0.25) is 0 Å². The number of halogens is 1. The third kappa shape index (κ3) is 3.45. The molecule has 2 aromatic heterocycles. The molecule has 142 valence electrons. The minimum absolute atomic E-state index is 0.0511. The van der Waals surface area contributed by atoms with Crippen molar-refractivity contribution in [3.63, 3.8) is 0 Å². The summed E-state index contributed by atoms with van der Waals surface area (Å²) in [6, 6.07) is 10.4. The van der Waals surface area contributed by atoms with E-state index in [2.05, 4.69) is 17.7 Å². The van der Waals surface area contributed by atoms with Gasteiger partial charge in [-0.05, 0) is 42.3 Å². The van der Waals surface area contributed by atoms with Crippen molar-refractivity contribution in [2.24, 2.45) is 7.05 Å². The van der Waals surface area contributed by atoms with E-state index in [1.807, 2.05) is 25.5 Å². The molecule has 1 atom stereocenters. The first-order valence-corrected chi connectivity index (χ1v) is 9.22. The quantitative estimate of drug-likeness (QED) is 0.651. The van der Waals surface area contributed by atoms with Gasteiger partial charge in [0.15, 0.2) is 0 Å². The van der Waals surface area contributed by atoms with Crippen molar-refractivity contribution in [3.8, 4) is 22.4 Å². The van der Waals surface area contributed by atoms with Gasteiger partial charge in [0.1, 0.15) is 5.82 Å². The van der Waals surface area contributed by atoms with Crippen molar-refractivity contribution >= 4 is 5.91 Å². The zero-order valence-electron chi connectivity index (χ0n) is 15.7. The van der Waals surface area contributed by atoms with Crippen LogP contribution in [0.1, 0.15) is 18.0 Å². The third-order valence-electron chi connectivity index (χ3n) is 5.15. The van der Waals surface area contributed by atoms with Gasteiger partial charge in [0.05, 0.1) is 11.4 Å². The van der Waals surface area contributed by atoms with Crippen LogP contribution >= 0.6 is 0 Å². The molecule has 1 aliphatic rings. The number of aryl methyl sites for hydroxylation is 1. The van der Waals surface area contributed by atoms with Crippen molar-refractivity contribution < 1.29 is 9.18 Å². The highest BCUT2D eigenvalue weighted by Gasteiger charge is 2.29. The molecule has 3 aromatic rings. The fourth-order valence-electron chi connectivity index (χ4n) is 3.68. The SMILES string of the molecule is C=CC(=O)N1CC[C@H](c2ncc(-c3ccc(F)cc3)cc2-c2ccn(C)n2)C1. The smallest absolute Gasteiger partial charge is 0.245 e. The Kier molecular flexibility index (Phi) is 4.77. The number of aromatic nitrogens is 3. The maximum atomic E-state index is 13.3. The number of hydrogen-bond acceptors (Lipinski definition) is 3. The Morgan fingerprint density at radius 3 is 2.71 bits per heavy atom. The molecule has 1 amide bonds. The Hall–Kier alpha value is -3.28. The molecule has 1 fully saturated rings. The Morgan fingerprint density at radius 2 is 2.04 bits per heavy atom. The Morgan fingerprint density at radius 1 is 1.25 bits per heavy atom. The van der Waals surface area contributed by atoms with Gasteiger partial charge < -0.3 is 4.90 Å². The Labute approximate surface area is 163 Å². The van der Waals surface area contributed by atoms with Gasteiger partial charge in [-0.1, -0.05) is 18.7 Å². The van der Waals surface area contributed by atoms with E-state index >= 15 is 0 Å². The van der Waals surface area contributed by atoms with Crippen LogP contribution in [0.3, 0.4) is 0 Å². The molecule has 0 aliphatic carbocycles. The zero-order chi connectivity index (χ0) is 19.7. The second-order valence-corrected chi connectivity index (χ2v) is 7.01. The van der Waals surface area contributed by atoms with Crippen molar-refractivity contribution in [2.75, 3.05) is 13.1 Å². The van der Waals surface area contributed by atoms with Crippen molar-refractivity contribution in [1.82, 2.24) is 19.7 Å². The highest BCUT2D eigenvalue weighted by molar-refractivity contribution is 5.87. The maximum Gasteiger partial charge on any atom is 0.245 e. The molecule has 0 radical (unpaired) electrons. The number of carbonyl (C=O) groups is 1. The van der Waals surface area contributed by atoms with Gasteiger partial charge in [-0.15, -0.1) is 0 Å². The van der Waals surface area contributed by atoms with Crippen LogP contribution in [0.5, 0.6) is 0 Å². The second kappa shape index (κ2) is 7.38. The lowest BCUT2D eigenvalue weighted by Gasteiger charge is -2.17. The van der Waals surface area contributed by atoms with E-state index in [0.29, 0.717) is 13.1 Å². The molecule has 0 saturated carbocycles. The van der Waals surface area contributed by atoms with Gasteiger partial charge in [0, 0.05) is 49.6 Å². The standard InChI is InChI=1S/C22H21FN4O/c1-3-21(28)27-11-8-16(14-27)22-19(20-9-10-26(2)25-20)12-17(13-24-22)15-4-6-18(23)7-5-15/h3-7,9-10,12-13,16H,1,8,11,14H2,2H3/t16-/m0/s1. The molecule has 0 N–H and O–H groups in total. The summed E-state index contributed by atoms with van der Waals surface area (Å²) < 4.78 is 15.0. The largest absolute Gasteiger partial charge is 0.338 e. The van der Waals surface area contributed by atoms with Gasteiger partial charge in [-0.2, -0.15) is 5.10 Å². The van der Waals surface area contributed by atoms with Crippen LogP contribution < -0.4 is 0 Å². The van der Waals surface area contributed by atoms with E-state index in [0.717, 1.165) is 34.5 Å². The average Bonchev–Trinajstić information content (AvgIpc) is 3.37. The van der Waals surface area contributed by atoms with E-state index in [4.69, 9.17) is 4.98 Å². The summed E-state index contributed by atoms with van der Waals surface area (Å²) in [7, 11) is 1.88. The number of rotatable bonds is 4. The fraction of sp³-hybridized carbons (Fsp3) is 0.227. The maximum absolute atomic E-state index is 13.3. The first-order chi connectivity index (χ1) is 13.5. The van der Waals surface area contributed by atoms with Crippen LogP contribution in [0.4, 0.5) is 4.39 Å². The summed E-state index contributed by atoms with van der Waals surface area (Å²) >= 11 is 0. The number of hydrogen-bond donors (Lipinski definition) is 0. The molecule has 1 aliphatic heterocycles. The van der Waals surface area contributed by atoms with Gasteiger partial charge in [0.25, 0.3) is 0 Å². The molecule has 0 spiro atoms. The molecule has 1 aromatic carbocycles. The summed E-state index contributed by atoms with van der Waals surface area (Å²) in [6.45, 7) is 4.89. The highest BCUT2D eigenvalue weighted by Crippen LogP contribution is 2.35. The highest BCUT2D eigenvalue weighted by atomic mass is 19.1. The molecule has 5 nitrogen and oxygen atoms in total. The first-order valence-electron chi connectivity index (χ1n) is 9.22. The lowest BCUT2D eigenvalue weighted by molar-refractivity contribution is -0.125. The number of amides is 1. The predicted octanol–water partition coefficient (Wildman–Crippen LogP) is 3.79. The second-order valence-electron chi connectivity index (χ2n) is 7.01. The molecule has 4 rings (SSSR count). The predicted molar refractivity (Wildman–Crippen MR) is 106 cm³/mol. The fourth-order valence-corrected chi connectivity index (χ4v) is 3.68. The Balaban J connectivity index is 1.75. The van der Waals surface area contributed by atoms with Gasteiger partial charge >= 0.3 is 0 Å². The van der Waals surface area contributed by atoms with Gasteiger partial charge in [-0.3, -0.25) is 14.5 Å². The molecule has 28 heavy (non-hydrogen) atoms. The summed E-state index contributed by atoms with van der Waals surface area (Å²) in [5.41, 5.74) is 4.51. The number of benzene rings is 1. The van der Waals surface area contributed by atoms with E-state index < -0.39 is 0 Å². The van der Waals surface area contributed by atoms with Gasteiger partial charge in [0.2, 0.25) is 5.91 Å². The summed E-state index contributed by atoms with van der Waals surface area (Å²) in [4.78, 5) is 18.5. The third-order valence-corrected chi connectivity index (χ3v) is 5.15. The molecule has 3 heterocycles. The number of pyridine rings is 1. The van der Waals surface area contributed by atoms with Crippen LogP contribution in [0.25, 0.3) is 22.4 Å². The number of likely N-dealkylation sites (tertiary alicyclic amines) is 1. The number of nitrogens with zero attached hydrogens (tertiary/aromatic N) is 4. The minimum atomic E-state index is -0.267. The van der Waals surface area contributed by atoms with E-state index in [-0.39, 0.29) is 17.6 Å². The minimum Gasteiger partial charge on any atom is -0.338 e. The lowest BCUT2D eigenvalue weighted by Crippen LogP contribution is -2.26. The van der Waals surface area contributed by atoms with Crippen LogP contribution in [-0.4, -0.2) is 38.7 Å². The molecule has 1 saturated heterocycles. The first kappa shape index (κ1) is 18.1. The van der Waals surface area contributed by atoms with Crippen LogP contribution in [-0.2, 0) is 11.8 Å². The molecular formula is C22H21FN4O. The van der Waals surface area contributed by atoms with Crippen molar-refractivity contribution in [1.29, 1.82) is 0 Å². The summed E-state index contributed by atoms with van der Waals surface area (Å²) in [5, 5.41) is 4.55. The monoisotopic (exact) mass is 376 g/mol. The number of carbonyl (C=O) groups excluding carboxylic acids is 1. The zero-order valence-corrected chi connectivity index (χ0v) is 15.7. The van der Waals surface area contributed by atoms with E-state index in [1.165, 1.54) is 18.2 Å². The summed E-state index contributed by atoms with van der Waals surface area (Å²) in [5.74, 6) is -0.177. The molecule has 0 unspecified atom stereocenters. The van der Waals surface area contributed by atoms with Crippen LogP contribution in [0.15, 0.2) is 61.4 Å². The Bertz CT molecular complexity index is 1030. The molecular weight excluding hydrogens is 355 g/mol. The van der Waals surface area contributed by atoms with Crippen molar-refractivity contribution in [3.05, 3.63) is 73.0 Å².